The van der Waals surface area contributed by atoms with Crippen molar-refractivity contribution in [1.29, 1.82) is 0 Å². The fourth-order valence-electron chi connectivity index (χ4n) is 3.17. The predicted octanol–water partition coefficient (Wildman–Crippen LogP) is 5.02. The number of anilines is 1. The van der Waals surface area contributed by atoms with E-state index in [1.165, 1.54) is 35.0 Å². The Morgan fingerprint density at radius 2 is 1.74 bits per heavy atom. The Morgan fingerprint density at radius 1 is 1.06 bits per heavy atom. The van der Waals surface area contributed by atoms with E-state index >= 15 is 0 Å². The van der Waals surface area contributed by atoms with Gasteiger partial charge in [0.2, 0.25) is 0 Å². The molecule has 0 aliphatic carbocycles. The van der Waals surface area contributed by atoms with Crippen LogP contribution in [0.4, 0.5) is 15.8 Å². The molecule has 4 aromatic rings. The van der Waals surface area contributed by atoms with Crippen LogP contribution >= 0.6 is 0 Å². The number of ether oxygens (including phenoxy) is 1. The molecule has 1 amide bonds. The summed E-state index contributed by atoms with van der Waals surface area (Å²) in [5.74, 6) is -0.585. The molecule has 0 spiro atoms. The molecule has 0 radical (unpaired) electrons. The number of nitrogens with one attached hydrogen (secondary N) is 1. The molecule has 1 N–H and O–H groups in total. The largest absolute Gasteiger partial charge is 0.460 e. The summed E-state index contributed by atoms with van der Waals surface area (Å²) >= 11 is 0. The summed E-state index contributed by atoms with van der Waals surface area (Å²) < 4.78 is 21.5. The van der Waals surface area contributed by atoms with Gasteiger partial charge in [0.25, 0.3) is 11.6 Å². The van der Waals surface area contributed by atoms with Gasteiger partial charge in [0.15, 0.2) is 5.82 Å². The molecule has 0 fully saturated rings. The minimum absolute atomic E-state index is 0.0970. The number of hydrogen-bond donors (Lipinski definition) is 1. The van der Waals surface area contributed by atoms with E-state index in [9.17, 15) is 19.3 Å². The maximum absolute atomic E-state index is 14.5. The van der Waals surface area contributed by atoms with E-state index in [0.29, 0.717) is 11.4 Å². The summed E-state index contributed by atoms with van der Waals surface area (Å²) in [4.78, 5) is 27.1. The lowest BCUT2D eigenvalue weighted by Gasteiger charge is -2.09. The smallest absolute Gasteiger partial charge is 0.336 e. The van der Waals surface area contributed by atoms with E-state index in [2.05, 4.69) is 15.4 Å². The van der Waals surface area contributed by atoms with E-state index < -0.39 is 16.6 Å². The van der Waals surface area contributed by atoms with Crippen LogP contribution in [0.1, 0.15) is 24.2 Å². The lowest BCUT2D eigenvalue weighted by atomic mass is 10.2. The maximum atomic E-state index is 14.5. The molecule has 3 aromatic carbocycles. The lowest BCUT2D eigenvalue weighted by Crippen LogP contribution is -2.12. The zero-order valence-corrected chi connectivity index (χ0v) is 18.3. The molecule has 0 unspecified atom stereocenters. The number of hydrogen-bond acceptors (Lipinski definition) is 6. The van der Waals surface area contributed by atoms with Crippen LogP contribution < -0.4 is 10.1 Å². The summed E-state index contributed by atoms with van der Waals surface area (Å²) in [6.45, 7) is 3.68. The average Bonchev–Trinajstić information content (AvgIpc) is 3.22. The van der Waals surface area contributed by atoms with Crippen LogP contribution in [0.5, 0.6) is 6.01 Å². The van der Waals surface area contributed by atoms with E-state index in [1.54, 1.807) is 42.5 Å². The van der Waals surface area contributed by atoms with Crippen molar-refractivity contribution in [3.8, 4) is 23.1 Å². The SMILES string of the molecule is CC(C)Oc1nc(-c2ccccc2F)n(-c2ccc(NC(=O)c3ccc([N+](=O)[O-])cc3)cc2)n1. The van der Waals surface area contributed by atoms with Crippen LogP contribution in [0.15, 0.2) is 72.8 Å². The molecule has 4 rings (SSSR count). The van der Waals surface area contributed by atoms with Gasteiger partial charge in [-0.15, -0.1) is 5.10 Å². The van der Waals surface area contributed by atoms with E-state index in [1.807, 2.05) is 13.8 Å². The molecule has 0 saturated heterocycles. The van der Waals surface area contributed by atoms with Crippen molar-refractivity contribution in [3.05, 3.63) is 94.3 Å². The Balaban J connectivity index is 1.60. The minimum Gasteiger partial charge on any atom is -0.460 e. The van der Waals surface area contributed by atoms with Gasteiger partial charge in [-0.3, -0.25) is 14.9 Å². The molecule has 0 aliphatic rings. The van der Waals surface area contributed by atoms with Crippen molar-refractivity contribution in [2.75, 3.05) is 5.32 Å². The highest BCUT2D eigenvalue weighted by molar-refractivity contribution is 6.04. The Morgan fingerprint density at radius 3 is 2.35 bits per heavy atom. The van der Waals surface area contributed by atoms with Gasteiger partial charge in [0.1, 0.15) is 5.82 Å². The molecule has 0 atom stereocenters. The number of non-ortho nitro benzene ring substituents is 1. The van der Waals surface area contributed by atoms with Crippen LogP contribution in [0, 0.1) is 15.9 Å². The third-order valence-electron chi connectivity index (χ3n) is 4.75. The number of benzene rings is 3. The minimum atomic E-state index is -0.530. The number of nitrogens with zero attached hydrogens (tertiary/aromatic N) is 4. The van der Waals surface area contributed by atoms with Crippen molar-refractivity contribution in [2.45, 2.75) is 20.0 Å². The Kier molecular flexibility index (Phi) is 6.30. The molecule has 1 aromatic heterocycles. The van der Waals surface area contributed by atoms with Gasteiger partial charge < -0.3 is 10.1 Å². The first-order valence-electron chi connectivity index (χ1n) is 10.4. The van der Waals surface area contributed by atoms with Crippen molar-refractivity contribution < 1.29 is 18.8 Å². The van der Waals surface area contributed by atoms with Gasteiger partial charge in [0, 0.05) is 23.4 Å². The number of amides is 1. The van der Waals surface area contributed by atoms with Crippen LogP contribution in [0.3, 0.4) is 0 Å². The van der Waals surface area contributed by atoms with Crippen LogP contribution in [-0.2, 0) is 0 Å². The molecular weight excluding hydrogens is 441 g/mol. The van der Waals surface area contributed by atoms with Crippen molar-refractivity contribution >= 4 is 17.3 Å². The quantitative estimate of drug-likeness (QED) is 0.305. The average molecular weight is 461 g/mol. The molecule has 34 heavy (non-hydrogen) atoms. The van der Waals surface area contributed by atoms with Crippen LogP contribution in [0.2, 0.25) is 0 Å². The second-order valence-corrected chi connectivity index (χ2v) is 7.58. The zero-order valence-electron chi connectivity index (χ0n) is 18.3. The van der Waals surface area contributed by atoms with Crippen molar-refractivity contribution in [2.24, 2.45) is 0 Å². The first-order valence-corrected chi connectivity index (χ1v) is 10.4. The Labute approximate surface area is 194 Å². The Hall–Kier alpha value is -4.60. The molecule has 172 valence electrons. The second kappa shape index (κ2) is 9.49. The van der Waals surface area contributed by atoms with Crippen LogP contribution in [-0.4, -0.2) is 31.7 Å². The standard InChI is InChI=1S/C24H20FN5O4/c1-15(2)34-24-27-22(20-5-3-4-6-21(20)25)29(28-24)18-13-9-17(10-14-18)26-23(31)16-7-11-19(12-8-16)30(32)33/h3-15H,1-2H3,(H,26,31). The Bertz CT molecular complexity index is 1330. The summed E-state index contributed by atoms with van der Waals surface area (Å²) in [5, 5.41) is 17.9. The van der Waals surface area contributed by atoms with Crippen molar-refractivity contribution in [3.63, 3.8) is 0 Å². The molecule has 0 aliphatic heterocycles. The topological polar surface area (TPSA) is 112 Å². The molecule has 9 nitrogen and oxygen atoms in total. The normalized spacial score (nSPS) is 10.8. The summed E-state index contributed by atoms with van der Waals surface area (Å²) in [6, 6.07) is 18.4. The van der Waals surface area contributed by atoms with Gasteiger partial charge >= 0.3 is 6.01 Å². The number of carbonyl (C=O) groups excluding carboxylic acids is 1. The highest BCUT2D eigenvalue weighted by Gasteiger charge is 2.18. The zero-order chi connectivity index (χ0) is 24.2. The first kappa shape index (κ1) is 22.6. The molecule has 1 heterocycles. The number of aromatic nitrogens is 3. The number of nitro benzene ring substituents is 1. The molecule has 10 heteroatoms. The lowest BCUT2D eigenvalue weighted by molar-refractivity contribution is -0.384. The number of halogens is 1. The van der Waals surface area contributed by atoms with Crippen molar-refractivity contribution in [1.82, 2.24) is 14.8 Å². The van der Waals surface area contributed by atoms with Gasteiger partial charge in [-0.25, -0.2) is 9.07 Å². The highest BCUT2D eigenvalue weighted by atomic mass is 19.1. The van der Waals surface area contributed by atoms with E-state index in [0.717, 1.165) is 0 Å². The third kappa shape index (κ3) is 4.90. The summed E-state index contributed by atoms with van der Waals surface area (Å²) in [6.07, 6.45) is -0.165. The maximum Gasteiger partial charge on any atom is 0.336 e. The van der Waals surface area contributed by atoms with Gasteiger partial charge in [-0.2, -0.15) is 4.98 Å². The summed E-state index contributed by atoms with van der Waals surface area (Å²) in [7, 11) is 0. The third-order valence-corrected chi connectivity index (χ3v) is 4.75. The number of rotatable bonds is 7. The fraction of sp³-hybridized carbons (Fsp3) is 0.125. The highest BCUT2D eigenvalue weighted by Crippen LogP contribution is 2.27. The van der Waals surface area contributed by atoms with E-state index in [4.69, 9.17) is 4.74 Å². The van der Waals surface area contributed by atoms with E-state index in [-0.39, 0.29) is 34.8 Å². The van der Waals surface area contributed by atoms with Gasteiger partial charge in [0.05, 0.1) is 22.3 Å². The monoisotopic (exact) mass is 461 g/mol. The molecule has 0 saturated carbocycles. The molecular formula is C24H20FN5O4. The molecule has 0 bridgehead atoms. The number of nitro groups is 1. The predicted molar refractivity (Wildman–Crippen MR) is 124 cm³/mol. The fourth-order valence-corrected chi connectivity index (χ4v) is 3.17. The van der Waals surface area contributed by atoms with Gasteiger partial charge in [-0.1, -0.05) is 12.1 Å². The second-order valence-electron chi connectivity index (χ2n) is 7.58. The first-order chi connectivity index (χ1) is 16.3. The van der Waals surface area contributed by atoms with Crippen LogP contribution in [0.25, 0.3) is 17.1 Å². The summed E-state index contributed by atoms with van der Waals surface area (Å²) in [5.41, 5.74) is 1.53. The van der Waals surface area contributed by atoms with Gasteiger partial charge in [-0.05, 0) is 62.4 Å². The number of carbonyl (C=O) groups is 1.